The van der Waals surface area contributed by atoms with Crippen LogP contribution in [0.3, 0.4) is 0 Å². The summed E-state index contributed by atoms with van der Waals surface area (Å²) in [6.45, 7) is 0. The summed E-state index contributed by atoms with van der Waals surface area (Å²) in [4.78, 5) is 0. The molecule has 3 atom stereocenters. The maximum absolute atomic E-state index is 11.2. The van der Waals surface area contributed by atoms with Crippen LogP contribution in [0.15, 0.2) is 0 Å². The molecule has 0 spiro atoms. The molecule has 11 heteroatoms. The lowest BCUT2D eigenvalue weighted by Gasteiger charge is -2.15. The summed E-state index contributed by atoms with van der Waals surface area (Å²) in [5.41, 5.74) is 5.33. The second kappa shape index (κ2) is 6.95. The van der Waals surface area contributed by atoms with Gasteiger partial charge in [-0.25, -0.2) is 25.3 Å². The van der Waals surface area contributed by atoms with Crippen molar-refractivity contribution in [1.29, 1.82) is 0 Å². The molecule has 0 aromatic carbocycles. The smallest absolute Gasteiger partial charge is 0.151 e. The summed E-state index contributed by atoms with van der Waals surface area (Å²) in [5.74, 6) is 1.24. The zero-order chi connectivity index (χ0) is 17.3. The van der Waals surface area contributed by atoms with E-state index in [2.05, 4.69) is 5.32 Å². The lowest BCUT2D eigenvalue weighted by Crippen LogP contribution is -2.39. The number of hydrogen-bond donors (Lipinski definition) is 2. The minimum atomic E-state index is -2.88. The van der Waals surface area contributed by atoms with E-state index in [4.69, 9.17) is 5.73 Å². The molecule has 0 saturated carbocycles. The van der Waals surface area contributed by atoms with Gasteiger partial charge in [-0.1, -0.05) is 0 Å². The van der Waals surface area contributed by atoms with Crippen molar-refractivity contribution in [2.45, 2.75) is 37.4 Å². The third kappa shape index (κ3) is 6.29. The van der Waals surface area contributed by atoms with Gasteiger partial charge in [0.15, 0.2) is 29.5 Å². The SMILES string of the molecule is NC1CCS(=O)(=O)C1.O=S1(=O)CCC(NC2CCS(=O)(=O)C2)C1. The van der Waals surface area contributed by atoms with E-state index in [0.717, 1.165) is 0 Å². The minimum Gasteiger partial charge on any atom is -0.327 e. The molecule has 136 valence electrons. The largest absolute Gasteiger partial charge is 0.327 e. The zero-order valence-corrected chi connectivity index (χ0v) is 15.3. The van der Waals surface area contributed by atoms with Crippen molar-refractivity contribution in [1.82, 2.24) is 5.32 Å². The number of sulfone groups is 3. The minimum absolute atomic E-state index is 0.0479. The molecule has 3 aliphatic rings. The highest BCUT2D eigenvalue weighted by molar-refractivity contribution is 7.92. The fourth-order valence-corrected chi connectivity index (χ4v) is 8.03. The van der Waals surface area contributed by atoms with Gasteiger partial charge in [-0.15, -0.1) is 0 Å². The van der Waals surface area contributed by atoms with Crippen LogP contribution in [0.5, 0.6) is 0 Å². The van der Waals surface area contributed by atoms with Gasteiger partial charge in [0, 0.05) is 18.1 Å². The van der Waals surface area contributed by atoms with E-state index < -0.39 is 29.5 Å². The molecule has 0 aliphatic carbocycles. The summed E-state index contributed by atoms with van der Waals surface area (Å²) < 4.78 is 65.9. The Morgan fingerprint density at radius 1 is 0.652 bits per heavy atom. The lowest BCUT2D eigenvalue weighted by molar-refractivity contribution is 0.476. The van der Waals surface area contributed by atoms with Crippen LogP contribution in [0, 0.1) is 0 Å². The highest BCUT2D eigenvalue weighted by Crippen LogP contribution is 2.16. The zero-order valence-electron chi connectivity index (χ0n) is 12.8. The molecule has 0 bridgehead atoms. The summed E-state index contributed by atoms with van der Waals surface area (Å²) in [5, 5.41) is 3.13. The third-order valence-electron chi connectivity index (χ3n) is 4.20. The molecular formula is C12H24N2O6S3. The molecule has 3 unspecified atom stereocenters. The molecule has 3 rings (SSSR count). The van der Waals surface area contributed by atoms with Gasteiger partial charge in [0.2, 0.25) is 0 Å². The Hall–Kier alpha value is -0.230. The van der Waals surface area contributed by atoms with E-state index in [0.29, 0.717) is 19.3 Å². The van der Waals surface area contributed by atoms with Crippen molar-refractivity contribution in [3.8, 4) is 0 Å². The first-order chi connectivity index (χ1) is 10.5. The van der Waals surface area contributed by atoms with E-state index in [9.17, 15) is 25.3 Å². The Labute approximate surface area is 138 Å². The average molecular weight is 389 g/mol. The van der Waals surface area contributed by atoms with Gasteiger partial charge in [-0.3, -0.25) is 0 Å². The third-order valence-corrected chi connectivity index (χ3v) is 9.53. The number of hydrogen-bond acceptors (Lipinski definition) is 8. The first-order valence-electron chi connectivity index (χ1n) is 7.59. The summed E-state index contributed by atoms with van der Waals surface area (Å²) in [6.07, 6.45) is 1.86. The molecule has 0 radical (unpaired) electrons. The standard InChI is InChI=1S/C8H15NO4S2.C4H9NO2S/c10-14(11)3-1-7(5-14)9-8-2-4-15(12,13)6-8;5-4-1-2-8(6,7)3-4/h7-9H,1-6H2;4H,1-3,5H2. The first-order valence-corrected chi connectivity index (χ1v) is 13.1. The van der Waals surface area contributed by atoms with Crippen molar-refractivity contribution >= 4 is 29.5 Å². The predicted molar refractivity (Wildman–Crippen MR) is 88.5 cm³/mol. The van der Waals surface area contributed by atoms with Crippen LogP contribution in [0.4, 0.5) is 0 Å². The molecular weight excluding hydrogens is 364 g/mol. The van der Waals surface area contributed by atoms with Gasteiger partial charge in [0.1, 0.15) is 0 Å². The topological polar surface area (TPSA) is 140 Å². The van der Waals surface area contributed by atoms with E-state index >= 15 is 0 Å². The van der Waals surface area contributed by atoms with Crippen LogP contribution in [-0.2, 0) is 29.5 Å². The van der Waals surface area contributed by atoms with Crippen LogP contribution in [-0.4, -0.2) is 77.9 Å². The Bertz CT molecular complexity index is 687. The molecule has 3 heterocycles. The van der Waals surface area contributed by atoms with Gasteiger partial charge in [-0.05, 0) is 19.3 Å². The molecule has 0 amide bonds. The molecule has 3 fully saturated rings. The lowest BCUT2D eigenvalue weighted by atomic mass is 10.2. The van der Waals surface area contributed by atoms with Crippen molar-refractivity contribution in [2.24, 2.45) is 5.73 Å². The fraction of sp³-hybridized carbons (Fsp3) is 1.00. The van der Waals surface area contributed by atoms with Crippen LogP contribution in [0.2, 0.25) is 0 Å². The quantitative estimate of drug-likeness (QED) is 0.558. The van der Waals surface area contributed by atoms with Gasteiger partial charge >= 0.3 is 0 Å². The van der Waals surface area contributed by atoms with E-state index in [1.165, 1.54) is 0 Å². The summed E-state index contributed by atoms with van der Waals surface area (Å²) >= 11 is 0. The first kappa shape index (κ1) is 19.1. The average Bonchev–Trinajstić information content (AvgIpc) is 2.99. The maximum Gasteiger partial charge on any atom is 0.151 e. The second-order valence-corrected chi connectivity index (χ2v) is 13.2. The fourth-order valence-electron chi connectivity index (χ4n) is 3.01. The number of rotatable bonds is 2. The van der Waals surface area contributed by atoms with Crippen LogP contribution >= 0.6 is 0 Å². The summed E-state index contributed by atoms with van der Waals surface area (Å²) in [6, 6.07) is -0.193. The van der Waals surface area contributed by atoms with Crippen LogP contribution in [0.25, 0.3) is 0 Å². The predicted octanol–water partition coefficient (Wildman–Crippen LogP) is -1.92. The van der Waals surface area contributed by atoms with Crippen molar-refractivity contribution in [3.05, 3.63) is 0 Å². The molecule has 3 aliphatic heterocycles. The van der Waals surface area contributed by atoms with Gasteiger partial charge in [-0.2, -0.15) is 0 Å². The van der Waals surface area contributed by atoms with Gasteiger partial charge < -0.3 is 11.1 Å². The normalized spacial score (nSPS) is 37.2. The van der Waals surface area contributed by atoms with Crippen molar-refractivity contribution in [2.75, 3.05) is 34.5 Å². The molecule has 3 N–H and O–H groups in total. The van der Waals surface area contributed by atoms with Crippen LogP contribution < -0.4 is 11.1 Å². The molecule has 0 aromatic rings. The molecule has 0 aromatic heterocycles. The number of nitrogens with one attached hydrogen (secondary N) is 1. The summed E-state index contributed by atoms with van der Waals surface area (Å²) in [7, 11) is -8.48. The Morgan fingerprint density at radius 2 is 1.04 bits per heavy atom. The molecule has 8 nitrogen and oxygen atoms in total. The highest BCUT2D eigenvalue weighted by Gasteiger charge is 2.33. The van der Waals surface area contributed by atoms with E-state index in [1.54, 1.807) is 0 Å². The Balaban J connectivity index is 0.000000203. The van der Waals surface area contributed by atoms with Crippen molar-refractivity contribution in [3.63, 3.8) is 0 Å². The maximum atomic E-state index is 11.2. The van der Waals surface area contributed by atoms with Gasteiger partial charge in [0.05, 0.1) is 34.5 Å². The molecule has 3 saturated heterocycles. The Morgan fingerprint density at radius 3 is 1.26 bits per heavy atom. The number of nitrogens with two attached hydrogens (primary N) is 1. The highest BCUT2D eigenvalue weighted by atomic mass is 32.2. The van der Waals surface area contributed by atoms with Gasteiger partial charge in [0.25, 0.3) is 0 Å². The van der Waals surface area contributed by atoms with E-state index in [-0.39, 0.29) is 52.6 Å². The monoisotopic (exact) mass is 388 g/mol. The van der Waals surface area contributed by atoms with Crippen molar-refractivity contribution < 1.29 is 25.3 Å². The van der Waals surface area contributed by atoms with Crippen LogP contribution in [0.1, 0.15) is 19.3 Å². The second-order valence-electron chi connectivity index (χ2n) is 6.53. The molecule has 23 heavy (non-hydrogen) atoms. The van der Waals surface area contributed by atoms with E-state index in [1.807, 2.05) is 0 Å². The Kier molecular flexibility index (Phi) is 5.77.